The number of ether oxygens (including phenoxy) is 1. The van der Waals surface area contributed by atoms with E-state index in [1.807, 2.05) is 6.92 Å². The third-order valence-corrected chi connectivity index (χ3v) is 4.61. The minimum atomic E-state index is -0.803. The fourth-order valence-corrected chi connectivity index (χ4v) is 2.86. The van der Waals surface area contributed by atoms with Crippen LogP contribution in [0.3, 0.4) is 0 Å². The van der Waals surface area contributed by atoms with Crippen LogP contribution in [0.4, 0.5) is 4.79 Å². The van der Waals surface area contributed by atoms with Crippen molar-refractivity contribution in [3.63, 3.8) is 0 Å². The van der Waals surface area contributed by atoms with Crippen molar-refractivity contribution in [2.75, 3.05) is 32.8 Å². The van der Waals surface area contributed by atoms with Gasteiger partial charge in [-0.05, 0) is 44.4 Å². The lowest BCUT2D eigenvalue weighted by Gasteiger charge is -2.31. The third-order valence-electron chi connectivity index (χ3n) is 4.61. The lowest BCUT2D eigenvalue weighted by atomic mass is 9.98. The average Bonchev–Trinajstić information content (AvgIpc) is 3.25. The van der Waals surface area contributed by atoms with Crippen molar-refractivity contribution in [2.45, 2.75) is 39.0 Å². The molecule has 0 bridgehead atoms. The number of carboxylic acids is 1. The number of carbonyl (C=O) groups excluding carboxylic acids is 1. The van der Waals surface area contributed by atoms with E-state index in [1.165, 1.54) is 0 Å². The summed E-state index contributed by atoms with van der Waals surface area (Å²) < 4.78 is 5.38. The summed E-state index contributed by atoms with van der Waals surface area (Å²) in [5.74, 6) is -1.22. The zero-order valence-corrected chi connectivity index (χ0v) is 12.8. The molecule has 1 unspecified atom stereocenters. The van der Waals surface area contributed by atoms with Gasteiger partial charge < -0.3 is 20.1 Å². The molecule has 0 radical (unpaired) electrons. The Labute approximate surface area is 125 Å². The Hall–Kier alpha value is -1.30. The Bertz CT molecular complexity index is 382. The summed E-state index contributed by atoms with van der Waals surface area (Å²) in [6.07, 6.45) is 4.69. The van der Waals surface area contributed by atoms with E-state index in [1.54, 1.807) is 4.90 Å². The summed E-state index contributed by atoms with van der Waals surface area (Å²) in [5, 5.41) is 12.0. The molecule has 2 rings (SSSR count). The van der Waals surface area contributed by atoms with Crippen LogP contribution in [0, 0.1) is 11.3 Å². The van der Waals surface area contributed by atoms with E-state index in [-0.39, 0.29) is 11.4 Å². The first kappa shape index (κ1) is 16.1. The fourth-order valence-electron chi connectivity index (χ4n) is 2.86. The van der Waals surface area contributed by atoms with Crippen LogP contribution in [-0.2, 0) is 9.53 Å². The van der Waals surface area contributed by atoms with E-state index in [0.29, 0.717) is 26.1 Å². The maximum atomic E-state index is 12.2. The topological polar surface area (TPSA) is 78.9 Å². The highest BCUT2D eigenvalue weighted by molar-refractivity contribution is 5.76. The monoisotopic (exact) mass is 298 g/mol. The van der Waals surface area contributed by atoms with Crippen LogP contribution < -0.4 is 5.32 Å². The maximum Gasteiger partial charge on any atom is 0.317 e. The molecule has 2 N–H and O–H groups in total. The number of amides is 2. The van der Waals surface area contributed by atoms with E-state index in [4.69, 9.17) is 9.84 Å². The van der Waals surface area contributed by atoms with Crippen LogP contribution in [-0.4, -0.2) is 54.9 Å². The Balaban J connectivity index is 1.73. The van der Waals surface area contributed by atoms with Gasteiger partial charge in [0.25, 0.3) is 0 Å². The SMILES string of the molecule is CCOCCC1(CNC(=O)N2CCCC(C(=O)O)C2)CC1. The average molecular weight is 298 g/mol. The summed E-state index contributed by atoms with van der Waals surface area (Å²) in [6, 6.07) is -0.122. The highest BCUT2D eigenvalue weighted by Gasteiger charge is 2.42. The second kappa shape index (κ2) is 7.11. The van der Waals surface area contributed by atoms with Crippen LogP contribution in [0.1, 0.15) is 39.0 Å². The number of piperidine rings is 1. The van der Waals surface area contributed by atoms with Gasteiger partial charge in [-0.15, -0.1) is 0 Å². The molecule has 120 valence electrons. The highest BCUT2D eigenvalue weighted by Crippen LogP contribution is 2.48. The lowest BCUT2D eigenvalue weighted by Crippen LogP contribution is -2.48. The Morgan fingerprint density at radius 1 is 1.43 bits per heavy atom. The first-order chi connectivity index (χ1) is 10.1. The summed E-state index contributed by atoms with van der Waals surface area (Å²) >= 11 is 0. The largest absolute Gasteiger partial charge is 0.481 e. The molecule has 0 aromatic rings. The predicted octanol–water partition coefficient (Wildman–Crippen LogP) is 1.70. The molecule has 1 atom stereocenters. The highest BCUT2D eigenvalue weighted by atomic mass is 16.5. The van der Waals surface area contributed by atoms with Crippen molar-refractivity contribution in [3.05, 3.63) is 0 Å². The van der Waals surface area contributed by atoms with Crippen LogP contribution in [0.25, 0.3) is 0 Å². The summed E-state index contributed by atoms with van der Waals surface area (Å²) in [5.41, 5.74) is 0.215. The molecular weight excluding hydrogens is 272 g/mol. The van der Waals surface area contributed by atoms with Crippen LogP contribution in [0.2, 0.25) is 0 Å². The normalized spacial score (nSPS) is 23.7. The Morgan fingerprint density at radius 3 is 2.81 bits per heavy atom. The molecular formula is C15H26N2O4. The predicted molar refractivity (Wildman–Crippen MR) is 78.1 cm³/mol. The van der Waals surface area contributed by atoms with Crippen molar-refractivity contribution >= 4 is 12.0 Å². The van der Waals surface area contributed by atoms with Crippen molar-refractivity contribution < 1.29 is 19.4 Å². The first-order valence-electron chi connectivity index (χ1n) is 7.90. The standard InChI is InChI=1S/C15H26N2O4/c1-2-21-9-7-15(5-6-15)11-16-14(20)17-8-3-4-12(10-17)13(18)19/h12H,2-11H2,1H3,(H,16,20)(H,18,19). The van der Waals surface area contributed by atoms with E-state index in [0.717, 1.165) is 38.9 Å². The molecule has 0 spiro atoms. The van der Waals surface area contributed by atoms with Crippen molar-refractivity contribution in [1.29, 1.82) is 0 Å². The second-order valence-corrected chi connectivity index (χ2v) is 6.23. The molecule has 1 aliphatic heterocycles. The smallest absolute Gasteiger partial charge is 0.317 e. The summed E-state index contributed by atoms with van der Waals surface area (Å²) in [4.78, 5) is 24.8. The minimum Gasteiger partial charge on any atom is -0.481 e. The molecule has 1 heterocycles. The van der Waals surface area contributed by atoms with Crippen LogP contribution >= 0.6 is 0 Å². The van der Waals surface area contributed by atoms with Gasteiger partial charge in [-0.1, -0.05) is 0 Å². The van der Waals surface area contributed by atoms with Gasteiger partial charge in [-0.3, -0.25) is 4.79 Å². The van der Waals surface area contributed by atoms with E-state index in [2.05, 4.69) is 5.32 Å². The van der Waals surface area contributed by atoms with Gasteiger partial charge in [-0.25, -0.2) is 4.79 Å². The number of carbonyl (C=O) groups is 2. The molecule has 6 nitrogen and oxygen atoms in total. The van der Waals surface area contributed by atoms with Gasteiger partial charge in [0.15, 0.2) is 0 Å². The molecule has 2 aliphatic rings. The second-order valence-electron chi connectivity index (χ2n) is 6.23. The number of urea groups is 1. The molecule has 0 aromatic carbocycles. The molecule has 1 aliphatic carbocycles. The summed E-state index contributed by atoms with van der Waals surface area (Å²) in [6.45, 7) is 5.11. The number of aliphatic carboxylic acids is 1. The number of nitrogens with zero attached hydrogens (tertiary/aromatic N) is 1. The molecule has 1 saturated carbocycles. The van der Waals surface area contributed by atoms with Crippen LogP contribution in [0.15, 0.2) is 0 Å². The first-order valence-corrected chi connectivity index (χ1v) is 7.90. The molecule has 0 aromatic heterocycles. The molecule has 2 amide bonds. The quantitative estimate of drug-likeness (QED) is 0.701. The third kappa shape index (κ3) is 4.59. The zero-order chi connectivity index (χ0) is 15.3. The zero-order valence-electron chi connectivity index (χ0n) is 12.8. The van der Waals surface area contributed by atoms with Gasteiger partial charge in [0, 0.05) is 32.8 Å². The number of rotatable bonds is 7. The Morgan fingerprint density at radius 2 is 2.19 bits per heavy atom. The van der Waals surface area contributed by atoms with Gasteiger partial charge in [0.2, 0.25) is 0 Å². The van der Waals surface area contributed by atoms with Crippen LogP contribution in [0.5, 0.6) is 0 Å². The molecule has 21 heavy (non-hydrogen) atoms. The van der Waals surface area contributed by atoms with Gasteiger partial charge in [0.05, 0.1) is 5.92 Å². The maximum absolute atomic E-state index is 12.2. The number of hydrogen-bond donors (Lipinski definition) is 2. The van der Waals surface area contributed by atoms with E-state index >= 15 is 0 Å². The van der Waals surface area contributed by atoms with Crippen molar-refractivity contribution in [3.8, 4) is 0 Å². The molecule has 2 fully saturated rings. The fraction of sp³-hybridized carbons (Fsp3) is 0.867. The van der Waals surface area contributed by atoms with E-state index in [9.17, 15) is 9.59 Å². The van der Waals surface area contributed by atoms with Gasteiger partial charge >= 0.3 is 12.0 Å². The van der Waals surface area contributed by atoms with Crippen molar-refractivity contribution in [2.24, 2.45) is 11.3 Å². The number of carboxylic acid groups (broad SMARTS) is 1. The number of hydrogen-bond acceptors (Lipinski definition) is 3. The Kier molecular flexibility index (Phi) is 5.45. The number of likely N-dealkylation sites (tertiary alicyclic amines) is 1. The molecule has 1 saturated heterocycles. The van der Waals surface area contributed by atoms with Gasteiger partial charge in [-0.2, -0.15) is 0 Å². The minimum absolute atomic E-state index is 0.122. The van der Waals surface area contributed by atoms with E-state index < -0.39 is 11.9 Å². The summed E-state index contributed by atoms with van der Waals surface area (Å²) in [7, 11) is 0. The molecule has 6 heteroatoms. The number of nitrogens with one attached hydrogen (secondary N) is 1. The van der Waals surface area contributed by atoms with Gasteiger partial charge in [0.1, 0.15) is 0 Å². The lowest BCUT2D eigenvalue weighted by molar-refractivity contribution is -0.143. The van der Waals surface area contributed by atoms with Crippen molar-refractivity contribution in [1.82, 2.24) is 10.2 Å².